The molecule has 1 atom stereocenters. The average Bonchev–Trinajstić information content (AvgIpc) is 2.76. The fourth-order valence-corrected chi connectivity index (χ4v) is 3.45. The van der Waals surface area contributed by atoms with Crippen LogP contribution in [0.1, 0.15) is 45.7 Å². The van der Waals surface area contributed by atoms with Crippen LogP contribution in [-0.4, -0.2) is 4.57 Å². The summed E-state index contributed by atoms with van der Waals surface area (Å²) >= 11 is 0. The first-order chi connectivity index (χ1) is 9.47. The molecule has 0 N–H and O–H groups in total. The molecule has 106 valence electrons. The SMILES string of the molecule is Cn1c(C2=CCC(C(C)(C)C)CC2)cc2ccccc21. The summed E-state index contributed by atoms with van der Waals surface area (Å²) in [5.74, 6) is 0.820. The molecule has 0 amide bonds. The lowest BCUT2D eigenvalue weighted by Crippen LogP contribution is -2.22. The van der Waals surface area contributed by atoms with Crippen molar-refractivity contribution in [3.63, 3.8) is 0 Å². The first-order valence-electron chi connectivity index (χ1n) is 7.70. The first-order valence-corrected chi connectivity index (χ1v) is 7.70. The minimum Gasteiger partial charge on any atom is -0.344 e. The molecule has 1 aliphatic rings. The number of fused-ring (bicyclic) bond motifs is 1. The van der Waals surface area contributed by atoms with Gasteiger partial charge in [-0.3, -0.25) is 0 Å². The fraction of sp³-hybridized carbons (Fsp3) is 0.474. The van der Waals surface area contributed by atoms with E-state index < -0.39 is 0 Å². The molecule has 3 rings (SSSR count). The molecule has 0 bridgehead atoms. The highest BCUT2D eigenvalue weighted by Crippen LogP contribution is 2.40. The summed E-state index contributed by atoms with van der Waals surface area (Å²) in [6.45, 7) is 7.11. The van der Waals surface area contributed by atoms with Gasteiger partial charge in [0.25, 0.3) is 0 Å². The van der Waals surface area contributed by atoms with Crippen LogP contribution < -0.4 is 0 Å². The van der Waals surface area contributed by atoms with Gasteiger partial charge in [0.1, 0.15) is 0 Å². The molecule has 0 saturated heterocycles. The third-order valence-corrected chi connectivity index (χ3v) is 4.92. The van der Waals surface area contributed by atoms with Crippen LogP contribution in [0.2, 0.25) is 0 Å². The lowest BCUT2D eigenvalue weighted by molar-refractivity contribution is 0.225. The highest BCUT2D eigenvalue weighted by molar-refractivity contribution is 5.85. The van der Waals surface area contributed by atoms with E-state index in [9.17, 15) is 0 Å². The number of nitrogens with zero attached hydrogens (tertiary/aromatic N) is 1. The Morgan fingerprint density at radius 1 is 1.15 bits per heavy atom. The number of hydrogen-bond donors (Lipinski definition) is 0. The zero-order valence-electron chi connectivity index (χ0n) is 13.1. The molecule has 0 spiro atoms. The van der Waals surface area contributed by atoms with Crippen LogP contribution in [0.4, 0.5) is 0 Å². The highest BCUT2D eigenvalue weighted by Gasteiger charge is 2.27. The van der Waals surface area contributed by atoms with Gasteiger partial charge >= 0.3 is 0 Å². The number of para-hydroxylation sites is 1. The lowest BCUT2D eigenvalue weighted by Gasteiger charge is -2.33. The fourth-order valence-electron chi connectivity index (χ4n) is 3.45. The van der Waals surface area contributed by atoms with Crippen LogP contribution in [0.3, 0.4) is 0 Å². The third kappa shape index (κ3) is 2.30. The predicted molar refractivity (Wildman–Crippen MR) is 87.7 cm³/mol. The van der Waals surface area contributed by atoms with Crippen LogP contribution in [0.25, 0.3) is 16.5 Å². The topological polar surface area (TPSA) is 4.93 Å². The molecule has 0 fully saturated rings. The van der Waals surface area contributed by atoms with Crippen molar-refractivity contribution in [3.8, 4) is 0 Å². The summed E-state index contributed by atoms with van der Waals surface area (Å²) in [6, 6.07) is 11.0. The average molecular weight is 267 g/mol. The maximum Gasteiger partial charge on any atom is 0.0482 e. The number of aromatic nitrogens is 1. The van der Waals surface area contributed by atoms with Crippen LogP contribution in [0.15, 0.2) is 36.4 Å². The summed E-state index contributed by atoms with van der Waals surface area (Å²) in [5, 5.41) is 1.35. The molecule has 0 saturated carbocycles. The van der Waals surface area contributed by atoms with E-state index in [1.807, 2.05) is 0 Å². The van der Waals surface area contributed by atoms with Gasteiger partial charge in [0.2, 0.25) is 0 Å². The molecular formula is C19H25N. The zero-order chi connectivity index (χ0) is 14.3. The molecule has 1 heterocycles. The molecule has 1 heteroatoms. The van der Waals surface area contributed by atoms with E-state index in [1.54, 1.807) is 0 Å². The van der Waals surface area contributed by atoms with E-state index in [4.69, 9.17) is 0 Å². The minimum atomic E-state index is 0.432. The number of benzene rings is 1. The maximum atomic E-state index is 2.48. The normalized spacial score (nSPS) is 20.2. The molecule has 1 unspecified atom stereocenters. The van der Waals surface area contributed by atoms with Crippen molar-refractivity contribution in [2.45, 2.75) is 40.0 Å². The van der Waals surface area contributed by atoms with E-state index in [0.717, 1.165) is 5.92 Å². The molecule has 0 aliphatic heterocycles. The van der Waals surface area contributed by atoms with Gasteiger partial charge in [-0.15, -0.1) is 0 Å². The summed E-state index contributed by atoms with van der Waals surface area (Å²) in [7, 11) is 2.19. The Morgan fingerprint density at radius 2 is 1.90 bits per heavy atom. The minimum absolute atomic E-state index is 0.432. The second kappa shape index (κ2) is 4.80. The van der Waals surface area contributed by atoms with Gasteiger partial charge in [-0.1, -0.05) is 45.0 Å². The number of aryl methyl sites for hydroxylation is 1. The number of hydrogen-bond acceptors (Lipinski definition) is 0. The first kappa shape index (κ1) is 13.5. The van der Waals surface area contributed by atoms with E-state index in [-0.39, 0.29) is 0 Å². The van der Waals surface area contributed by atoms with Gasteiger partial charge in [0.15, 0.2) is 0 Å². The van der Waals surface area contributed by atoms with Crippen molar-refractivity contribution in [1.82, 2.24) is 4.57 Å². The van der Waals surface area contributed by atoms with Crippen LogP contribution in [-0.2, 0) is 7.05 Å². The number of rotatable bonds is 1. The van der Waals surface area contributed by atoms with Crippen molar-refractivity contribution in [2.24, 2.45) is 18.4 Å². The Morgan fingerprint density at radius 3 is 2.50 bits per heavy atom. The van der Waals surface area contributed by atoms with Gasteiger partial charge in [-0.05, 0) is 48.3 Å². The predicted octanol–water partition coefficient (Wildman–Crippen LogP) is 5.41. The molecule has 20 heavy (non-hydrogen) atoms. The highest BCUT2D eigenvalue weighted by atomic mass is 14.9. The summed E-state index contributed by atoms with van der Waals surface area (Å²) < 4.78 is 2.35. The Hall–Kier alpha value is -1.50. The van der Waals surface area contributed by atoms with Crippen molar-refractivity contribution < 1.29 is 0 Å². The van der Waals surface area contributed by atoms with E-state index in [2.05, 4.69) is 68.8 Å². The smallest absolute Gasteiger partial charge is 0.0482 e. The Bertz CT molecular complexity index is 652. The van der Waals surface area contributed by atoms with Crippen molar-refractivity contribution in [2.75, 3.05) is 0 Å². The van der Waals surface area contributed by atoms with Gasteiger partial charge in [-0.25, -0.2) is 0 Å². The lowest BCUT2D eigenvalue weighted by atomic mass is 9.73. The molecule has 0 radical (unpaired) electrons. The van der Waals surface area contributed by atoms with Gasteiger partial charge in [-0.2, -0.15) is 0 Å². The second-order valence-corrected chi connectivity index (χ2v) is 7.21. The summed E-state index contributed by atoms with van der Waals surface area (Å²) in [4.78, 5) is 0. The Labute approximate surface area is 122 Å². The molecule has 1 aromatic carbocycles. The third-order valence-electron chi connectivity index (χ3n) is 4.92. The molecule has 1 aromatic heterocycles. The van der Waals surface area contributed by atoms with E-state index in [0.29, 0.717) is 5.41 Å². The van der Waals surface area contributed by atoms with E-state index >= 15 is 0 Å². The monoisotopic (exact) mass is 267 g/mol. The standard InChI is InChI=1S/C19H25N/c1-19(2,3)16-11-9-14(10-12-16)18-13-15-7-5-6-8-17(15)20(18)4/h5-9,13,16H,10-12H2,1-4H3. The Balaban J connectivity index is 1.93. The van der Waals surface area contributed by atoms with Crippen molar-refractivity contribution >= 4 is 16.5 Å². The quantitative estimate of drug-likeness (QED) is 0.651. The largest absolute Gasteiger partial charge is 0.344 e. The van der Waals surface area contributed by atoms with Gasteiger partial charge < -0.3 is 4.57 Å². The van der Waals surface area contributed by atoms with E-state index in [1.165, 1.54) is 41.4 Å². The number of allylic oxidation sites excluding steroid dienone is 2. The van der Waals surface area contributed by atoms with Gasteiger partial charge in [0.05, 0.1) is 0 Å². The molecule has 1 aliphatic carbocycles. The second-order valence-electron chi connectivity index (χ2n) is 7.21. The molecular weight excluding hydrogens is 242 g/mol. The van der Waals surface area contributed by atoms with Crippen LogP contribution in [0.5, 0.6) is 0 Å². The molecule has 2 aromatic rings. The van der Waals surface area contributed by atoms with Crippen molar-refractivity contribution in [3.05, 3.63) is 42.1 Å². The maximum absolute atomic E-state index is 2.48. The van der Waals surface area contributed by atoms with Crippen LogP contribution >= 0.6 is 0 Å². The van der Waals surface area contributed by atoms with Crippen LogP contribution in [0, 0.1) is 11.3 Å². The summed E-state index contributed by atoms with van der Waals surface area (Å²) in [6.07, 6.45) is 6.23. The van der Waals surface area contributed by atoms with Crippen molar-refractivity contribution in [1.29, 1.82) is 0 Å². The zero-order valence-corrected chi connectivity index (χ0v) is 13.1. The Kier molecular flexibility index (Phi) is 3.24. The molecule has 1 nitrogen and oxygen atoms in total. The van der Waals surface area contributed by atoms with Gasteiger partial charge in [0, 0.05) is 23.6 Å². The summed E-state index contributed by atoms with van der Waals surface area (Å²) in [5.41, 5.74) is 4.70.